The van der Waals surface area contributed by atoms with Gasteiger partial charge in [-0.2, -0.15) is 0 Å². The number of rotatable bonds is 6. The fraction of sp³-hybridized carbons (Fsp3) is 0.400. The summed E-state index contributed by atoms with van der Waals surface area (Å²) >= 11 is 1.79. The Balaban J connectivity index is 1.55. The van der Waals surface area contributed by atoms with E-state index in [1.54, 1.807) is 11.8 Å². The van der Waals surface area contributed by atoms with Crippen LogP contribution in [-0.2, 0) is 12.3 Å². The standard InChI is InChI=1S/C15H18N2OS/c1-11-7-14(18-17-11)10-19-15-4-2-3-12(8-15)9-16-13-5-6-13/h2-4,7-8,13,16H,5-6,9-10H2,1H3. The van der Waals surface area contributed by atoms with Gasteiger partial charge in [-0.25, -0.2) is 0 Å². The van der Waals surface area contributed by atoms with Crippen LogP contribution in [0.4, 0.5) is 0 Å². The third-order valence-corrected chi connectivity index (χ3v) is 4.14. The Morgan fingerprint density at radius 3 is 3.00 bits per heavy atom. The third-order valence-electron chi connectivity index (χ3n) is 3.13. The predicted octanol–water partition coefficient (Wildman–Crippen LogP) is 3.53. The first-order valence-electron chi connectivity index (χ1n) is 6.67. The highest BCUT2D eigenvalue weighted by molar-refractivity contribution is 7.98. The minimum Gasteiger partial charge on any atom is -0.360 e. The summed E-state index contributed by atoms with van der Waals surface area (Å²) in [5.74, 6) is 1.77. The van der Waals surface area contributed by atoms with Crippen LogP contribution in [0.3, 0.4) is 0 Å². The van der Waals surface area contributed by atoms with Crippen LogP contribution in [0.25, 0.3) is 0 Å². The molecule has 100 valence electrons. The smallest absolute Gasteiger partial charge is 0.147 e. The SMILES string of the molecule is Cc1cc(CSc2cccc(CNC3CC3)c2)on1. The van der Waals surface area contributed by atoms with Gasteiger partial charge in [0.25, 0.3) is 0 Å². The lowest BCUT2D eigenvalue weighted by atomic mass is 10.2. The van der Waals surface area contributed by atoms with Gasteiger partial charge in [-0.05, 0) is 37.5 Å². The zero-order valence-corrected chi connectivity index (χ0v) is 11.9. The average molecular weight is 274 g/mol. The summed E-state index contributed by atoms with van der Waals surface area (Å²) in [4.78, 5) is 1.28. The molecule has 1 heterocycles. The van der Waals surface area contributed by atoms with E-state index in [4.69, 9.17) is 4.52 Å². The summed E-state index contributed by atoms with van der Waals surface area (Å²) in [6.07, 6.45) is 2.67. The van der Waals surface area contributed by atoms with Crippen LogP contribution in [0.15, 0.2) is 39.8 Å². The first kappa shape index (κ1) is 12.8. The summed E-state index contributed by atoms with van der Waals surface area (Å²) in [6.45, 7) is 2.92. The number of aromatic nitrogens is 1. The van der Waals surface area contributed by atoms with Crippen molar-refractivity contribution in [2.45, 2.75) is 43.0 Å². The van der Waals surface area contributed by atoms with Crippen molar-refractivity contribution < 1.29 is 4.52 Å². The van der Waals surface area contributed by atoms with Crippen LogP contribution in [0.2, 0.25) is 0 Å². The first-order valence-corrected chi connectivity index (χ1v) is 7.65. The van der Waals surface area contributed by atoms with E-state index in [1.807, 2.05) is 13.0 Å². The van der Waals surface area contributed by atoms with Gasteiger partial charge in [0.05, 0.1) is 11.4 Å². The molecule has 1 aliphatic carbocycles. The summed E-state index contributed by atoms with van der Waals surface area (Å²) < 4.78 is 5.22. The molecule has 0 aliphatic heterocycles. The average Bonchev–Trinajstić information content (AvgIpc) is 3.16. The molecule has 0 radical (unpaired) electrons. The van der Waals surface area contributed by atoms with Crippen molar-refractivity contribution in [1.82, 2.24) is 10.5 Å². The molecular weight excluding hydrogens is 256 g/mol. The maximum atomic E-state index is 5.22. The fourth-order valence-electron chi connectivity index (χ4n) is 1.93. The monoisotopic (exact) mass is 274 g/mol. The highest BCUT2D eigenvalue weighted by Crippen LogP contribution is 2.24. The van der Waals surface area contributed by atoms with Crippen LogP contribution in [0.5, 0.6) is 0 Å². The third kappa shape index (κ3) is 3.85. The van der Waals surface area contributed by atoms with Crippen molar-refractivity contribution in [3.63, 3.8) is 0 Å². The van der Waals surface area contributed by atoms with Crippen molar-refractivity contribution in [2.24, 2.45) is 0 Å². The summed E-state index contributed by atoms with van der Waals surface area (Å²) in [5.41, 5.74) is 2.30. The van der Waals surface area contributed by atoms with Crippen LogP contribution in [0, 0.1) is 6.92 Å². The molecule has 1 aromatic carbocycles. The van der Waals surface area contributed by atoms with Crippen molar-refractivity contribution in [3.8, 4) is 0 Å². The molecule has 0 spiro atoms. The topological polar surface area (TPSA) is 38.1 Å². The molecule has 0 amide bonds. The minimum atomic E-state index is 0.758. The highest BCUT2D eigenvalue weighted by atomic mass is 32.2. The van der Waals surface area contributed by atoms with E-state index in [0.29, 0.717) is 0 Å². The summed E-state index contributed by atoms with van der Waals surface area (Å²) in [6, 6.07) is 11.5. The zero-order valence-electron chi connectivity index (χ0n) is 11.1. The van der Waals surface area contributed by atoms with E-state index in [9.17, 15) is 0 Å². The number of nitrogens with one attached hydrogen (secondary N) is 1. The van der Waals surface area contributed by atoms with Crippen LogP contribution < -0.4 is 5.32 Å². The van der Waals surface area contributed by atoms with Gasteiger partial charge in [0, 0.05) is 23.5 Å². The van der Waals surface area contributed by atoms with Crippen molar-refractivity contribution in [1.29, 1.82) is 0 Å². The molecule has 0 atom stereocenters. The normalized spacial score (nSPS) is 14.8. The van der Waals surface area contributed by atoms with E-state index >= 15 is 0 Å². The van der Waals surface area contributed by atoms with Gasteiger partial charge in [0.15, 0.2) is 0 Å². The number of hydrogen-bond donors (Lipinski definition) is 1. The molecule has 2 aromatic rings. The minimum absolute atomic E-state index is 0.758. The quantitative estimate of drug-likeness (QED) is 0.818. The number of benzene rings is 1. The van der Waals surface area contributed by atoms with Crippen LogP contribution in [-0.4, -0.2) is 11.2 Å². The van der Waals surface area contributed by atoms with Gasteiger partial charge in [-0.1, -0.05) is 17.3 Å². The van der Waals surface area contributed by atoms with Crippen molar-refractivity contribution >= 4 is 11.8 Å². The molecule has 4 heteroatoms. The van der Waals surface area contributed by atoms with Gasteiger partial charge in [-0.3, -0.25) is 0 Å². The summed E-state index contributed by atoms with van der Waals surface area (Å²) in [5, 5.41) is 7.44. The molecular formula is C15H18N2OS. The predicted molar refractivity (Wildman–Crippen MR) is 77.1 cm³/mol. The van der Waals surface area contributed by atoms with E-state index in [0.717, 1.165) is 29.8 Å². The molecule has 0 bridgehead atoms. The van der Waals surface area contributed by atoms with Gasteiger partial charge >= 0.3 is 0 Å². The highest BCUT2D eigenvalue weighted by Gasteiger charge is 2.19. The molecule has 1 aliphatic rings. The Hall–Kier alpha value is -1.26. The Kier molecular flexibility index (Phi) is 3.89. The zero-order chi connectivity index (χ0) is 13.1. The molecule has 1 aromatic heterocycles. The van der Waals surface area contributed by atoms with Crippen LogP contribution >= 0.6 is 11.8 Å². The Labute approximate surface area is 117 Å². The number of aryl methyl sites for hydroxylation is 1. The van der Waals surface area contributed by atoms with Gasteiger partial charge in [-0.15, -0.1) is 11.8 Å². The molecule has 1 saturated carbocycles. The molecule has 1 N–H and O–H groups in total. The number of thioether (sulfide) groups is 1. The first-order chi connectivity index (χ1) is 9.29. The number of hydrogen-bond acceptors (Lipinski definition) is 4. The molecule has 0 unspecified atom stereocenters. The Bertz CT molecular complexity index is 549. The van der Waals surface area contributed by atoms with Crippen molar-refractivity contribution in [2.75, 3.05) is 0 Å². The van der Waals surface area contributed by atoms with Gasteiger partial charge in [0.2, 0.25) is 0 Å². The second-order valence-corrected chi connectivity index (χ2v) is 6.07. The second kappa shape index (κ2) is 5.80. The maximum Gasteiger partial charge on any atom is 0.147 e. The van der Waals surface area contributed by atoms with Crippen molar-refractivity contribution in [3.05, 3.63) is 47.3 Å². The molecule has 1 fully saturated rings. The molecule has 19 heavy (non-hydrogen) atoms. The van der Waals surface area contributed by atoms with E-state index in [2.05, 4.69) is 34.7 Å². The maximum absolute atomic E-state index is 5.22. The molecule has 0 saturated heterocycles. The Morgan fingerprint density at radius 2 is 2.26 bits per heavy atom. The van der Waals surface area contributed by atoms with Gasteiger partial charge < -0.3 is 9.84 Å². The number of nitrogens with zero attached hydrogens (tertiary/aromatic N) is 1. The van der Waals surface area contributed by atoms with E-state index < -0.39 is 0 Å². The van der Waals surface area contributed by atoms with E-state index in [1.165, 1.54) is 23.3 Å². The largest absolute Gasteiger partial charge is 0.360 e. The molecule has 3 rings (SSSR count). The second-order valence-electron chi connectivity index (χ2n) is 5.03. The van der Waals surface area contributed by atoms with Gasteiger partial charge in [0.1, 0.15) is 5.76 Å². The Morgan fingerprint density at radius 1 is 1.37 bits per heavy atom. The lowest BCUT2D eigenvalue weighted by Gasteiger charge is -2.05. The lowest BCUT2D eigenvalue weighted by Crippen LogP contribution is -2.15. The fourth-order valence-corrected chi connectivity index (χ4v) is 2.79. The lowest BCUT2D eigenvalue weighted by molar-refractivity contribution is 0.391. The van der Waals surface area contributed by atoms with Crippen LogP contribution in [0.1, 0.15) is 29.9 Å². The molecule has 3 nitrogen and oxygen atoms in total. The summed E-state index contributed by atoms with van der Waals surface area (Å²) in [7, 11) is 0. The van der Waals surface area contributed by atoms with E-state index in [-0.39, 0.29) is 0 Å².